The lowest BCUT2D eigenvalue weighted by Gasteiger charge is -2.19. The van der Waals surface area contributed by atoms with E-state index in [1.165, 1.54) is 17.7 Å². The number of sulfonamides is 1. The van der Waals surface area contributed by atoms with Crippen molar-refractivity contribution in [2.24, 2.45) is 5.14 Å². The van der Waals surface area contributed by atoms with Gasteiger partial charge in [-0.05, 0) is 24.1 Å². The first-order valence-electron chi connectivity index (χ1n) is 7.48. The molecule has 0 aliphatic carbocycles. The molecule has 1 atom stereocenters. The Bertz CT molecular complexity index is 868. The Morgan fingerprint density at radius 2 is 1.83 bits per heavy atom. The maximum atomic E-state index is 11.7. The van der Waals surface area contributed by atoms with E-state index >= 15 is 0 Å². The SMILES string of the molecule is NS(=O)(=O)c1cccc(N2CC[C@@H](c3ccccc3)C2)c1[N+](=O)[O-]. The van der Waals surface area contributed by atoms with Gasteiger partial charge in [-0.2, -0.15) is 0 Å². The zero-order valence-corrected chi connectivity index (χ0v) is 13.6. The molecule has 0 unspecified atom stereocenters. The van der Waals surface area contributed by atoms with Gasteiger partial charge in [-0.15, -0.1) is 0 Å². The van der Waals surface area contributed by atoms with Crippen molar-refractivity contribution in [3.8, 4) is 0 Å². The Kier molecular flexibility index (Phi) is 4.25. The molecular formula is C16H17N3O4S. The molecule has 1 heterocycles. The lowest BCUT2D eigenvalue weighted by atomic mass is 9.99. The maximum absolute atomic E-state index is 11.7. The van der Waals surface area contributed by atoms with Gasteiger partial charge < -0.3 is 4.90 Å². The highest BCUT2D eigenvalue weighted by Gasteiger charge is 2.32. The summed E-state index contributed by atoms with van der Waals surface area (Å²) < 4.78 is 23.3. The van der Waals surface area contributed by atoms with Crippen molar-refractivity contribution in [1.82, 2.24) is 0 Å². The van der Waals surface area contributed by atoms with Crippen LogP contribution in [0.5, 0.6) is 0 Å². The van der Waals surface area contributed by atoms with E-state index in [1.807, 2.05) is 35.2 Å². The molecule has 0 radical (unpaired) electrons. The van der Waals surface area contributed by atoms with Crippen LogP contribution in [0.25, 0.3) is 0 Å². The number of primary sulfonamides is 1. The Morgan fingerprint density at radius 1 is 1.12 bits per heavy atom. The molecule has 2 N–H and O–H groups in total. The van der Waals surface area contributed by atoms with Crippen LogP contribution in [0.3, 0.4) is 0 Å². The molecule has 3 rings (SSSR count). The van der Waals surface area contributed by atoms with Crippen LogP contribution in [-0.4, -0.2) is 26.4 Å². The van der Waals surface area contributed by atoms with E-state index in [0.29, 0.717) is 18.8 Å². The summed E-state index contributed by atoms with van der Waals surface area (Å²) in [6.45, 7) is 1.22. The average molecular weight is 347 g/mol. The van der Waals surface area contributed by atoms with Crippen molar-refractivity contribution < 1.29 is 13.3 Å². The van der Waals surface area contributed by atoms with E-state index in [-0.39, 0.29) is 5.92 Å². The van der Waals surface area contributed by atoms with Gasteiger partial charge >= 0.3 is 5.69 Å². The molecule has 0 saturated carbocycles. The Morgan fingerprint density at radius 3 is 2.46 bits per heavy atom. The van der Waals surface area contributed by atoms with Crippen molar-refractivity contribution in [2.75, 3.05) is 18.0 Å². The molecule has 2 aromatic carbocycles. The fourth-order valence-corrected chi connectivity index (χ4v) is 3.87. The van der Waals surface area contributed by atoms with Crippen LogP contribution in [-0.2, 0) is 10.0 Å². The molecule has 0 bridgehead atoms. The molecular weight excluding hydrogens is 330 g/mol. The second kappa shape index (κ2) is 6.21. The Hall–Kier alpha value is -2.45. The monoisotopic (exact) mass is 347 g/mol. The quantitative estimate of drug-likeness (QED) is 0.674. The van der Waals surface area contributed by atoms with Gasteiger partial charge in [-0.1, -0.05) is 36.4 Å². The van der Waals surface area contributed by atoms with Gasteiger partial charge in [-0.25, -0.2) is 13.6 Å². The third kappa shape index (κ3) is 3.10. The summed E-state index contributed by atoms with van der Waals surface area (Å²) in [4.78, 5) is 12.2. The van der Waals surface area contributed by atoms with Gasteiger partial charge in [0.1, 0.15) is 5.69 Å². The number of para-hydroxylation sites is 1. The number of benzene rings is 2. The number of hydrogen-bond acceptors (Lipinski definition) is 5. The largest absolute Gasteiger partial charge is 0.365 e. The van der Waals surface area contributed by atoms with E-state index in [2.05, 4.69) is 0 Å². The van der Waals surface area contributed by atoms with E-state index in [4.69, 9.17) is 5.14 Å². The zero-order chi connectivity index (χ0) is 17.3. The van der Waals surface area contributed by atoms with Crippen LogP contribution in [0.4, 0.5) is 11.4 Å². The summed E-state index contributed by atoms with van der Waals surface area (Å²) in [5.41, 5.74) is 1.02. The molecule has 8 heteroatoms. The normalized spacial score (nSPS) is 17.9. The fourth-order valence-electron chi connectivity index (χ4n) is 3.16. The number of nitrogens with two attached hydrogens (primary N) is 1. The number of rotatable bonds is 4. The summed E-state index contributed by atoms with van der Waals surface area (Å²) in [7, 11) is -4.16. The highest BCUT2D eigenvalue weighted by molar-refractivity contribution is 7.89. The third-order valence-corrected chi connectivity index (χ3v) is 5.21. The number of anilines is 1. The molecule has 7 nitrogen and oxygen atoms in total. The minimum absolute atomic E-state index is 0.254. The first-order valence-corrected chi connectivity index (χ1v) is 9.02. The van der Waals surface area contributed by atoms with Gasteiger partial charge in [0.05, 0.1) is 4.92 Å². The highest BCUT2D eigenvalue weighted by Crippen LogP contribution is 2.38. The van der Waals surface area contributed by atoms with Crippen molar-refractivity contribution >= 4 is 21.4 Å². The highest BCUT2D eigenvalue weighted by atomic mass is 32.2. The van der Waals surface area contributed by atoms with Gasteiger partial charge in [-0.3, -0.25) is 10.1 Å². The molecule has 0 aromatic heterocycles. The number of nitro benzene ring substituents is 1. The van der Waals surface area contributed by atoms with Crippen LogP contribution >= 0.6 is 0 Å². The zero-order valence-electron chi connectivity index (χ0n) is 12.8. The number of nitrogens with zero attached hydrogens (tertiary/aromatic N) is 2. The van der Waals surface area contributed by atoms with Crippen molar-refractivity contribution in [1.29, 1.82) is 0 Å². The summed E-state index contributed by atoms with van der Waals surface area (Å²) in [6.07, 6.45) is 0.848. The Labute approximate surface area is 139 Å². The van der Waals surface area contributed by atoms with E-state index in [9.17, 15) is 18.5 Å². The van der Waals surface area contributed by atoms with E-state index < -0.39 is 25.5 Å². The van der Waals surface area contributed by atoms with Gasteiger partial charge in [0, 0.05) is 19.0 Å². The number of hydrogen-bond donors (Lipinski definition) is 1. The Balaban J connectivity index is 1.98. The lowest BCUT2D eigenvalue weighted by Crippen LogP contribution is -2.22. The first kappa shape index (κ1) is 16.4. The molecule has 1 fully saturated rings. The van der Waals surface area contributed by atoms with Gasteiger partial charge in [0.15, 0.2) is 4.90 Å². The average Bonchev–Trinajstić information content (AvgIpc) is 3.04. The van der Waals surface area contributed by atoms with E-state index in [0.717, 1.165) is 6.42 Å². The third-order valence-electron chi connectivity index (χ3n) is 4.27. The minimum Gasteiger partial charge on any atom is -0.365 e. The van der Waals surface area contributed by atoms with Crippen LogP contribution < -0.4 is 10.0 Å². The first-order chi connectivity index (χ1) is 11.4. The second-order valence-electron chi connectivity index (χ2n) is 5.77. The summed E-state index contributed by atoms with van der Waals surface area (Å²) >= 11 is 0. The standard InChI is InChI=1S/C16H17N3O4S/c17-24(22,23)15-8-4-7-14(16(15)19(20)21)18-10-9-13(11-18)12-5-2-1-3-6-12/h1-8,13H,9-11H2,(H2,17,22,23)/t13-/m1/s1. The molecule has 24 heavy (non-hydrogen) atoms. The predicted molar refractivity (Wildman–Crippen MR) is 90.5 cm³/mol. The second-order valence-corrected chi connectivity index (χ2v) is 7.30. The van der Waals surface area contributed by atoms with Gasteiger partial charge in [0.25, 0.3) is 0 Å². The van der Waals surface area contributed by atoms with Crippen LogP contribution in [0, 0.1) is 10.1 Å². The van der Waals surface area contributed by atoms with Gasteiger partial charge in [0.2, 0.25) is 10.0 Å². The minimum atomic E-state index is -4.16. The molecule has 126 valence electrons. The molecule has 1 aliphatic heterocycles. The molecule has 0 amide bonds. The van der Waals surface area contributed by atoms with Crippen LogP contribution in [0.1, 0.15) is 17.9 Å². The van der Waals surface area contributed by atoms with Crippen LogP contribution in [0.2, 0.25) is 0 Å². The predicted octanol–water partition coefficient (Wildman–Crippen LogP) is 2.24. The van der Waals surface area contributed by atoms with E-state index in [1.54, 1.807) is 6.07 Å². The smallest absolute Gasteiger partial charge is 0.312 e. The van der Waals surface area contributed by atoms with Crippen molar-refractivity contribution in [2.45, 2.75) is 17.2 Å². The summed E-state index contributed by atoms with van der Waals surface area (Å²) in [5.74, 6) is 0.254. The number of nitro groups is 1. The summed E-state index contributed by atoms with van der Waals surface area (Å²) in [5, 5.41) is 16.6. The lowest BCUT2D eigenvalue weighted by molar-refractivity contribution is -0.387. The fraction of sp³-hybridized carbons (Fsp3) is 0.250. The molecule has 0 spiro atoms. The molecule has 1 aliphatic rings. The summed E-state index contributed by atoms with van der Waals surface area (Å²) in [6, 6.07) is 14.1. The van der Waals surface area contributed by atoms with Crippen LogP contribution in [0.15, 0.2) is 53.4 Å². The molecule has 2 aromatic rings. The maximum Gasteiger partial charge on any atom is 0.312 e. The van der Waals surface area contributed by atoms with Crippen molar-refractivity contribution in [3.63, 3.8) is 0 Å². The van der Waals surface area contributed by atoms with Crippen molar-refractivity contribution in [3.05, 3.63) is 64.2 Å². The molecule has 1 saturated heterocycles. The topological polar surface area (TPSA) is 107 Å².